The van der Waals surface area contributed by atoms with Gasteiger partial charge in [0, 0.05) is 34.5 Å². The molecule has 1 aromatic carbocycles. The number of hydrogen-bond acceptors (Lipinski definition) is 5. The molecule has 120 valence electrons. The predicted octanol–water partition coefficient (Wildman–Crippen LogP) is 4.06. The maximum atomic E-state index is 11.9. The number of phenols is 1. The van der Waals surface area contributed by atoms with E-state index < -0.39 is 5.63 Å². The van der Waals surface area contributed by atoms with Gasteiger partial charge in [0.25, 0.3) is 0 Å². The van der Waals surface area contributed by atoms with Crippen LogP contribution in [-0.2, 0) is 6.54 Å². The highest BCUT2D eigenvalue weighted by Crippen LogP contribution is 2.30. The van der Waals surface area contributed by atoms with Crippen molar-refractivity contribution in [2.45, 2.75) is 26.4 Å². The molecular weight excluding hydrogens is 310 g/mol. The first-order valence-electron chi connectivity index (χ1n) is 7.46. The summed E-state index contributed by atoms with van der Waals surface area (Å²) < 4.78 is 5.30. The van der Waals surface area contributed by atoms with E-state index in [0.717, 1.165) is 10.9 Å². The lowest BCUT2D eigenvalue weighted by Gasteiger charge is -2.24. The number of thiophene rings is 1. The van der Waals surface area contributed by atoms with Crippen LogP contribution < -0.4 is 5.63 Å². The molecule has 0 aliphatic carbocycles. The minimum absolute atomic E-state index is 0.137. The van der Waals surface area contributed by atoms with Crippen LogP contribution >= 0.6 is 11.3 Å². The van der Waals surface area contributed by atoms with Gasteiger partial charge in [0.2, 0.25) is 0 Å². The number of benzene rings is 1. The molecule has 0 amide bonds. The molecule has 4 nitrogen and oxygen atoms in total. The van der Waals surface area contributed by atoms with E-state index in [2.05, 4.69) is 23.3 Å². The molecule has 2 heterocycles. The summed E-state index contributed by atoms with van der Waals surface area (Å²) >= 11 is 1.73. The van der Waals surface area contributed by atoms with Crippen LogP contribution in [0.5, 0.6) is 5.75 Å². The van der Waals surface area contributed by atoms with Crippen LogP contribution in [-0.4, -0.2) is 17.1 Å². The number of hydrogen-bond donors (Lipinski definition) is 1. The zero-order valence-electron chi connectivity index (χ0n) is 13.4. The van der Waals surface area contributed by atoms with Crippen molar-refractivity contribution in [3.63, 3.8) is 0 Å². The lowest BCUT2D eigenvalue weighted by atomic mass is 10.1. The summed E-state index contributed by atoms with van der Waals surface area (Å²) in [5, 5.41) is 12.8. The average molecular weight is 329 g/mol. The number of aromatic hydroxyl groups is 1. The van der Waals surface area contributed by atoms with Crippen molar-refractivity contribution in [1.82, 2.24) is 4.90 Å². The second-order valence-electron chi connectivity index (χ2n) is 5.78. The lowest BCUT2D eigenvalue weighted by molar-refractivity contribution is 0.257. The average Bonchev–Trinajstić information content (AvgIpc) is 3.04. The SMILES string of the molecule is Cc1c(O)ccc2c(CN(C)C(C)c3cccs3)cc(=O)oc12. The Morgan fingerprint density at radius 3 is 2.83 bits per heavy atom. The molecule has 3 rings (SSSR count). The molecular formula is C18H19NO3S. The summed E-state index contributed by atoms with van der Waals surface area (Å²) in [6.45, 7) is 4.53. The van der Waals surface area contributed by atoms with Gasteiger partial charge in [0.1, 0.15) is 11.3 Å². The molecule has 0 saturated carbocycles. The molecule has 1 unspecified atom stereocenters. The molecule has 0 bridgehead atoms. The maximum Gasteiger partial charge on any atom is 0.336 e. The number of fused-ring (bicyclic) bond motifs is 1. The number of phenolic OH excluding ortho intramolecular Hbond substituents is 1. The van der Waals surface area contributed by atoms with Crippen molar-refractivity contribution in [3.05, 3.63) is 62.1 Å². The topological polar surface area (TPSA) is 53.7 Å². The Kier molecular flexibility index (Phi) is 4.24. The Morgan fingerprint density at radius 2 is 2.13 bits per heavy atom. The van der Waals surface area contributed by atoms with Crippen molar-refractivity contribution in [2.75, 3.05) is 7.05 Å². The Labute approximate surface area is 138 Å². The summed E-state index contributed by atoms with van der Waals surface area (Å²) in [6.07, 6.45) is 0. The summed E-state index contributed by atoms with van der Waals surface area (Å²) in [5.41, 5.74) is 1.57. The molecule has 0 aliphatic rings. The van der Waals surface area contributed by atoms with Gasteiger partial charge in [-0.1, -0.05) is 6.07 Å². The van der Waals surface area contributed by atoms with E-state index in [4.69, 9.17) is 4.42 Å². The first-order chi connectivity index (χ1) is 11.0. The van der Waals surface area contributed by atoms with Gasteiger partial charge in [-0.2, -0.15) is 0 Å². The first kappa shape index (κ1) is 15.8. The highest BCUT2D eigenvalue weighted by molar-refractivity contribution is 7.10. The zero-order chi connectivity index (χ0) is 16.6. The monoisotopic (exact) mass is 329 g/mol. The normalized spacial score (nSPS) is 12.9. The van der Waals surface area contributed by atoms with Crippen molar-refractivity contribution < 1.29 is 9.52 Å². The van der Waals surface area contributed by atoms with Gasteiger partial charge in [0.15, 0.2) is 0 Å². The van der Waals surface area contributed by atoms with Gasteiger partial charge in [-0.25, -0.2) is 4.79 Å². The number of aryl methyl sites for hydroxylation is 1. The second kappa shape index (κ2) is 6.18. The van der Waals surface area contributed by atoms with Gasteiger partial charge in [-0.15, -0.1) is 11.3 Å². The standard InChI is InChI=1S/C18H19NO3S/c1-11-15(20)7-6-14-13(9-17(21)22-18(11)14)10-19(3)12(2)16-5-4-8-23-16/h4-9,12,20H,10H2,1-3H3. The number of nitrogens with zero attached hydrogens (tertiary/aromatic N) is 1. The van der Waals surface area contributed by atoms with E-state index in [9.17, 15) is 9.90 Å². The summed E-state index contributed by atoms with van der Waals surface area (Å²) in [5.74, 6) is 0.137. The quantitative estimate of drug-likeness (QED) is 0.733. The summed E-state index contributed by atoms with van der Waals surface area (Å²) in [4.78, 5) is 15.4. The summed E-state index contributed by atoms with van der Waals surface area (Å²) in [6, 6.07) is 9.41. The van der Waals surface area contributed by atoms with E-state index in [0.29, 0.717) is 17.7 Å². The van der Waals surface area contributed by atoms with Crippen LogP contribution in [0.15, 0.2) is 44.9 Å². The molecule has 2 aromatic heterocycles. The summed E-state index contributed by atoms with van der Waals surface area (Å²) in [7, 11) is 2.04. The Hall–Kier alpha value is -2.11. The van der Waals surface area contributed by atoms with E-state index >= 15 is 0 Å². The van der Waals surface area contributed by atoms with Crippen molar-refractivity contribution in [1.29, 1.82) is 0 Å². The Morgan fingerprint density at radius 1 is 1.35 bits per heavy atom. The van der Waals surface area contributed by atoms with Crippen LogP contribution in [0, 0.1) is 6.92 Å². The molecule has 1 N–H and O–H groups in total. The molecule has 0 spiro atoms. The van der Waals surface area contributed by atoms with E-state index in [1.165, 1.54) is 10.9 Å². The van der Waals surface area contributed by atoms with Gasteiger partial charge in [-0.05, 0) is 50.0 Å². The van der Waals surface area contributed by atoms with Crippen molar-refractivity contribution in [2.24, 2.45) is 0 Å². The highest BCUT2D eigenvalue weighted by atomic mass is 32.1. The molecule has 0 fully saturated rings. The molecule has 23 heavy (non-hydrogen) atoms. The second-order valence-corrected chi connectivity index (χ2v) is 6.76. The fraction of sp³-hybridized carbons (Fsp3) is 0.278. The van der Waals surface area contributed by atoms with Crippen LogP contribution in [0.4, 0.5) is 0 Å². The third-order valence-electron chi connectivity index (χ3n) is 4.25. The first-order valence-corrected chi connectivity index (χ1v) is 8.34. The van der Waals surface area contributed by atoms with Crippen LogP contribution in [0.3, 0.4) is 0 Å². The Balaban J connectivity index is 2.00. The largest absolute Gasteiger partial charge is 0.508 e. The van der Waals surface area contributed by atoms with E-state index in [1.54, 1.807) is 30.4 Å². The molecule has 3 aromatic rings. The number of rotatable bonds is 4. The van der Waals surface area contributed by atoms with Gasteiger partial charge in [0.05, 0.1) is 0 Å². The minimum atomic E-state index is -0.390. The molecule has 1 atom stereocenters. The minimum Gasteiger partial charge on any atom is -0.508 e. The fourth-order valence-electron chi connectivity index (χ4n) is 2.70. The zero-order valence-corrected chi connectivity index (χ0v) is 14.2. The van der Waals surface area contributed by atoms with Crippen molar-refractivity contribution in [3.8, 4) is 5.75 Å². The third kappa shape index (κ3) is 3.02. The van der Waals surface area contributed by atoms with Gasteiger partial charge < -0.3 is 9.52 Å². The van der Waals surface area contributed by atoms with Gasteiger partial charge >= 0.3 is 5.63 Å². The predicted molar refractivity (Wildman–Crippen MR) is 93.1 cm³/mol. The van der Waals surface area contributed by atoms with Crippen LogP contribution in [0.1, 0.15) is 29.0 Å². The molecule has 5 heteroatoms. The molecule has 0 saturated heterocycles. The van der Waals surface area contributed by atoms with Crippen LogP contribution in [0.2, 0.25) is 0 Å². The smallest absolute Gasteiger partial charge is 0.336 e. The van der Waals surface area contributed by atoms with E-state index in [-0.39, 0.29) is 11.8 Å². The van der Waals surface area contributed by atoms with Crippen LogP contribution in [0.25, 0.3) is 11.0 Å². The van der Waals surface area contributed by atoms with Gasteiger partial charge in [-0.3, -0.25) is 4.90 Å². The third-order valence-corrected chi connectivity index (χ3v) is 5.30. The fourth-order valence-corrected chi connectivity index (χ4v) is 3.55. The lowest BCUT2D eigenvalue weighted by Crippen LogP contribution is -2.22. The highest BCUT2D eigenvalue weighted by Gasteiger charge is 2.16. The van der Waals surface area contributed by atoms with E-state index in [1.807, 2.05) is 13.1 Å². The Bertz CT molecular complexity index is 883. The molecule has 0 aliphatic heterocycles. The van der Waals surface area contributed by atoms with Crippen molar-refractivity contribution >= 4 is 22.3 Å². The maximum absolute atomic E-state index is 11.9. The molecule has 0 radical (unpaired) electrons.